The zero-order chi connectivity index (χ0) is 7.98. The fraction of sp³-hybridized carbons (Fsp3) is 0.571. The van der Waals surface area contributed by atoms with Gasteiger partial charge in [0, 0.05) is 5.71 Å². The number of allylic oxidation sites excluding steroid dienone is 1. The third-order valence-corrected chi connectivity index (χ3v) is 0.985. The molecule has 0 rings (SSSR count). The molecule has 1 unspecified atom stereocenters. The minimum Gasteiger partial charge on any atom is -0.405 e. The lowest BCUT2D eigenvalue weighted by Crippen LogP contribution is -2.03. The van der Waals surface area contributed by atoms with Crippen molar-refractivity contribution in [2.45, 2.75) is 19.9 Å². The lowest BCUT2D eigenvalue weighted by Gasteiger charge is -1.98. The molecule has 2 nitrogen and oxygen atoms in total. The smallest absolute Gasteiger partial charge is 0.111 e. The van der Waals surface area contributed by atoms with Gasteiger partial charge in [0.1, 0.15) is 6.67 Å². The summed E-state index contributed by atoms with van der Waals surface area (Å²) in [6, 6.07) is -0.254. The molecule has 0 aromatic rings. The number of alkyl halides is 1. The fourth-order valence-electron chi connectivity index (χ4n) is 0.564. The molecule has 0 aromatic carbocycles. The van der Waals surface area contributed by atoms with Crippen LogP contribution >= 0.6 is 0 Å². The van der Waals surface area contributed by atoms with E-state index in [1.807, 2.05) is 0 Å². The first-order valence-electron chi connectivity index (χ1n) is 3.19. The van der Waals surface area contributed by atoms with Gasteiger partial charge in [0.2, 0.25) is 0 Å². The summed E-state index contributed by atoms with van der Waals surface area (Å²) in [5, 5.41) is 0. The normalized spacial score (nSPS) is 16.1. The molecular weight excluding hydrogens is 131 g/mol. The molecule has 0 saturated heterocycles. The topological polar surface area (TPSA) is 38.4 Å². The minimum absolute atomic E-state index is 0.254. The Morgan fingerprint density at radius 3 is 2.80 bits per heavy atom. The Labute approximate surface area is 60.6 Å². The van der Waals surface area contributed by atoms with Crippen molar-refractivity contribution in [1.29, 1.82) is 0 Å². The van der Waals surface area contributed by atoms with Crippen molar-refractivity contribution in [1.82, 2.24) is 0 Å². The number of hydrogen-bond donors (Lipinski definition) is 1. The third kappa shape index (κ3) is 4.06. The Morgan fingerprint density at radius 2 is 2.40 bits per heavy atom. The zero-order valence-electron chi connectivity index (χ0n) is 6.34. The molecule has 1 atom stereocenters. The van der Waals surface area contributed by atoms with Crippen LogP contribution in [0.5, 0.6) is 0 Å². The van der Waals surface area contributed by atoms with E-state index < -0.39 is 6.67 Å². The first kappa shape index (κ1) is 9.14. The van der Waals surface area contributed by atoms with E-state index in [4.69, 9.17) is 5.73 Å². The maximum atomic E-state index is 11.8. The quantitative estimate of drug-likeness (QED) is 0.595. The van der Waals surface area contributed by atoms with Crippen LogP contribution in [0.15, 0.2) is 17.3 Å². The summed E-state index contributed by atoms with van der Waals surface area (Å²) < 4.78 is 11.8. The van der Waals surface area contributed by atoms with Gasteiger partial charge in [-0.3, -0.25) is 4.99 Å². The number of rotatable bonds is 3. The molecule has 0 bridgehead atoms. The molecule has 2 N–H and O–H groups in total. The van der Waals surface area contributed by atoms with Crippen LogP contribution in [0, 0.1) is 0 Å². The molecule has 0 aliphatic carbocycles. The standard InChI is InChI=1S/C7H13FN2/c1-6(3-4-9)10-7(2)5-8/h3-4,7H,5,9H2,1-2H3/b4-3-,10-6?. The second kappa shape index (κ2) is 4.97. The molecule has 0 radical (unpaired) electrons. The molecule has 3 heteroatoms. The molecule has 0 spiro atoms. The highest BCUT2D eigenvalue weighted by molar-refractivity contribution is 5.92. The highest BCUT2D eigenvalue weighted by Crippen LogP contribution is 1.91. The number of nitrogens with two attached hydrogens (primary N) is 1. The monoisotopic (exact) mass is 144 g/mol. The average Bonchev–Trinajstić information content (AvgIpc) is 1.88. The Hall–Kier alpha value is -0.860. The summed E-state index contributed by atoms with van der Waals surface area (Å²) in [5.74, 6) is 0. The largest absolute Gasteiger partial charge is 0.405 e. The van der Waals surface area contributed by atoms with Crippen LogP contribution in [0.4, 0.5) is 4.39 Å². The van der Waals surface area contributed by atoms with Crippen molar-refractivity contribution in [3.63, 3.8) is 0 Å². The van der Waals surface area contributed by atoms with E-state index in [9.17, 15) is 4.39 Å². The van der Waals surface area contributed by atoms with Gasteiger partial charge in [0.25, 0.3) is 0 Å². The maximum absolute atomic E-state index is 11.8. The van der Waals surface area contributed by atoms with Gasteiger partial charge in [-0.2, -0.15) is 0 Å². The molecule has 0 aliphatic rings. The summed E-state index contributed by atoms with van der Waals surface area (Å²) >= 11 is 0. The van der Waals surface area contributed by atoms with Crippen molar-refractivity contribution >= 4 is 5.71 Å². The molecule has 58 valence electrons. The van der Waals surface area contributed by atoms with Gasteiger partial charge in [0.15, 0.2) is 0 Å². The van der Waals surface area contributed by atoms with E-state index >= 15 is 0 Å². The van der Waals surface area contributed by atoms with E-state index in [1.165, 1.54) is 6.20 Å². The molecule has 10 heavy (non-hydrogen) atoms. The van der Waals surface area contributed by atoms with E-state index in [1.54, 1.807) is 19.9 Å². The van der Waals surface area contributed by atoms with Crippen molar-refractivity contribution < 1.29 is 4.39 Å². The Balaban J connectivity index is 3.89. The van der Waals surface area contributed by atoms with Gasteiger partial charge in [-0.05, 0) is 26.1 Å². The molecule has 0 amide bonds. The van der Waals surface area contributed by atoms with E-state index in [-0.39, 0.29) is 6.04 Å². The molecular formula is C7H13FN2. The maximum Gasteiger partial charge on any atom is 0.111 e. The van der Waals surface area contributed by atoms with E-state index in [2.05, 4.69) is 4.99 Å². The number of halogens is 1. The van der Waals surface area contributed by atoms with Crippen LogP contribution in [0.2, 0.25) is 0 Å². The van der Waals surface area contributed by atoms with Crippen molar-refractivity contribution in [3.8, 4) is 0 Å². The fourth-order valence-corrected chi connectivity index (χ4v) is 0.564. The minimum atomic E-state index is -0.421. The second-order valence-electron chi connectivity index (χ2n) is 2.13. The Bertz CT molecular complexity index is 141. The molecule has 0 aromatic heterocycles. The summed E-state index contributed by atoms with van der Waals surface area (Å²) in [6.07, 6.45) is 3.04. The van der Waals surface area contributed by atoms with Crippen LogP contribution < -0.4 is 5.73 Å². The predicted octanol–water partition coefficient (Wildman–Crippen LogP) is 1.28. The predicted molar refractivity (Wildman–Crippen MR) is 41.9 cm³/mol. The van der Waals surface area contributed by atoms with E-state index in [0.29, 0.717) is 0 Å². The average molecular weight is 144 g/mol. The van der Waals surface area contributed by atoms with Crippen LogP contribution in [-0.4, -0.2) is 18.4 Å². The van der Waals surface area contributed by atoms with Gasteiger partial charge in [0.05, 0.1) is 6.04 Å². The van der Waals surface area contributed by atoms with Gasteiger partial charge >= 0.3 is 0 Å². The lowest BCUT2D eigenvalue weighted by molar-refractivity contribution is 0.447. The van der Waals surface area contributed by atoms with E-state index in [0.717, 1.165) is 5.71 Å². The number of hydrogen-bond acceptors (Lipinski definition) is 2. The van der Waals surface area contributed by atoms with Crippen molar-refractivity contribution in [2.24, 2.45) is 10.7 Å². The number of aliphatic imine (C=N–C) groups is 1. The van der Waals surface area contributed by atoms with Crippen LogP contribution in [0.25, 0.3) is 0 Å². The van der Waals surface area contributed by atoms with Crippen LogP contribution in [0.1, 0.15) is 13.8 Å². The lowest BCUT2D eigenvalue weighted by atomic mass is 10.3. The molecule has 0 aliphatic heterocycles. The summed E-state index contributed by atoms with van der Waals surface area (Å²) in [4.78, 5) is 3.96. The van der Waals surface area contributed by atoms with Gasteiger partial charge in [-0.1, -0.05) is 0 Å². The number of nitrogens with zero attached hydrogens (tertiary/aromatic N) is 1. The van der Waals surface area contributed by atoms with Crippen LogP contribution in [-0.2, 0) is 0 Å². The van der Waals surface area contributed by atoms with Crippen LogP contribution in [0.3, 0.4) is 0 Å². The highest BCUT2D eigenvalue weighted by atomic mass is 19.1. The highest BCUT2D eigenvalue weighted by Gasteiger charge is 1.94. The van der Waals surface area contributed by atoms with Crippen molar-refractivity contribution in [3.05, 3.63) is 12.3 Å². The summed E-state index contributed by atoms with van der Waals surface area (Å²) in [6.45, 7) is 3.08. The first-order valence-corrected chi connectivity index (χ1v) is 3.19. The molecule has 0 heterocycles. The summed E-state index contributed by atoms with van der Waals surface area (Å²) in [7, 11) is 0. The summed E-state index contributed by atoms with van der Waals surface area (Å²) in [5.41, 5.74) is 5.85. The molecule has 0 saturated carbocycles. The molecule has 0 fully saturated rings. The van der Waals surface area contributed by atoms with Crippen molar-refractivity contribution in [2.75, 3.05) is 6.67 Å². The zero-order valence-corrected chi connectivity index (χ0v) is 6.34. The second-order valence-corrected chi connectivity index (χ2v) is 2.13. The SMILES string of the molecule is CC(/C=C\N)=NC(C)CF. The Kier molecular flexibility index (Phi) is 4.54. The van der Waals surface area contributed by atoms with Gasteiger partial charge in [-0.25, -0.2) is 4.39 Å². The van der Waals surface area contributed by atoms with Gasteiger partial charge < -0.3 is 5.73 Å². The Morgan fingerprint density at radius 1 is 1.80 bits per heavy atom. The first-order chi connectivity index (χ1) is 4.70. The van der Waals surface area contributed by atoms with Gasteiger partial charge in [-0.15, -0.1) is 0 Å². The third-order valence-electron chi connectivity index (χ3n) is 0.985.